The van der Waals surface area contributed by atoms with Crippen molar-refractivity contribution in [1.29, 1.82) is 0 Å². The summed E-state index contributed by atoms with van der Waals surface area (Å²) < 4.78 is 15.2. The fourth-order valence-corrected chi connectivity index (χ4v) is 1.63. The maximum atomic E-state index is 11.7. The van der Waals surface area contributed by atoms with E-state index in [0.29, 0.717) is 11.5 Å². The molecule has 0 aliphatic carbocycles. The number of nitrogens with two attached hydrogens (primary N) is 1. The van der Waals surface area contributed by atoms with Crippen LogP contribution in [0.5, 0.6) is 11.5 Å². The van der Waals surface area contributed by atoms with Gasteiger partial charge in [0.05, 0.1) is 17.3 Å². The Hall–Kier alpha value is -1.62. The monoisotopic (exact) mass is 243 g/mol. The summed E-state index contributed by atoms with van der Waals surface area (Å²) in [5.41, 5.74) is 5.99. The first-order valence-corrected chi connectivity index (χ1v) is 5.07. The quantitative estimate of drug-likeness (QED) is 0.634. The Bertz CT molecular complexity index is 447. The van der Waals surface area contributed by atoms with Gasteiger partial charge in [-0.25, -0.2) is 4.79 Å². The van der Waals surface area contributed by atoms with Gasteiger partial charge in [0.15, 0.2) is 11.5 Å². The maximum Gasteiger partial charge on any atom is 0.344 e. The highest BCUT2D eigenvalue weighted by molar-refractivity contribution is 6.34. The standard InChI is InChI=1S/C10H10ClNO4/c1-2-14-10(13)7-8(12)5(11)3-6-9(7)16-4-15-6/h3H,2,4,12H2,1H3. The van der Waals surface area contributed by atoms with Crippen LogP contribution in [0.2, 0.25) is 5.02 Å². The summed E-state index contributed by atoms with van der Waals surface area (Å²) in [6.07, 6.45) is 0. The molecule has 0 amide bonds. The molecule has 0 unspecified atom stereocenters. The number of fused-ring (bicyclic) bond motifs is 1. The first-order valence-electron chi connectivity index (χ1n) is 4.69. The highest BCUT2D eigenvalue weighted by Gasteiger charge is 2.27. The second kappa shape index (κ2) is 4.09. The number of nitrogen functional groups attached to an aromatic ring is 1. The molecule has 1 aliphatic heterocycles. The molecule has 0 spiro atoms. The fourth-order valence-electron chi connectivity index (χ4n) is 1.43. The molecular weight excluding hydrogens is 234 g/mol. The first kappa shape index (κ1) is 10.9. The fraction of sp³-hybridized carbons (Fsp3) is 0.300. The molecule has 2 rings (SSSR count). The van der Waals surface area contributed by atoms with Crippen molar-refractivity contribution in [2.45, 2.75) is 6.92 Å². The van der Waals surface area contributed by atoms with Crippen LogP contribution in [0.4, 0.5) is 5.69 Å². The Balaban J connectivity index is 2.54. The zero-order valence-corrected chi connectivity index (χ0v) is 9.34. The molecule has 1 aromatic rings. The minimum absolute atomic E-state index is 0.0432. The minimum Gasteiger partial charge on any atom is -0.462 e. The van der Waals surface area contributed by atoms with Gasteiger partial charge < -0.3 is 19.9 Å². The zero-order valence-electron chi connectivity index (χ0n) is 8.58. The molecule has 0 atom stereocenters. The van der Waals surface area contributed by atoms with Gasteiger partial charge in [0.25, 0.3) is 0 Å². The van der Waals surface area contributed by atoms with Crippen LogP contribution >= 0.6 is 11.6 Å². The molecule has 0 radical (unpaired) electrons. The smallest absolute Gasteiger partial charge is 0.344 e. The van der Waals surface area contributed by atoms with E-state index in [4.69, 9.17) is 31.5 Å². The molecule has 1 heterocycles. The molecule has 0 saturated carbocycles. The Morgan fingerprint density at radius 3 is 3.06 bits per heavy atom. The zero-order chi connectivity index (χ0) is 11.7. The van der Waals surface area contributed by atoms with Crippen LogP contribution < -0.4 is 15.2 Å². The van der Waals surface area contributed by atoms with Crippen molar-refractivity contribution >= 4 is 23.3 Å². The van der Waals surface area contributed by atoms with Crippen molar-refractivity contribution in [1.82, 2.24) is 0 Å². The van der Waals surface area contributed by atoms with E-state index in [9.17, 15) is 4.79 Å². The molecule has 16 heavy (non-hydrogen) atoms. The van der Waals surface area contributed by atoms with E-state index < -0.39 is 5.97 Å². The number of ether oxygens (including phenoxy) is 3. The predicted octanol–water partition coefficient (Wildman–Crippen LogP) is 1.83. The second-order valence-electron chi connectivity index (χ2n) is 3.10. The van der Waals surface area contributed by atoms with Crippen LogP contribution in [0.25, 0.3) is 0 Å². The minimum atomic E-state index is -0.566. The van der Waals surface area contributed by atoms with E-state index in [1.165, 1.54) is 6.07 Å². The Morgan fingerprint density at radius 1 is 1.62 bits per heavy atom. The van der Waals surface area contributed by atoms with Crippen LogP contribution in [-0.4, -0.2) is 19.4 Å². The van der Waals surface area contributed by atoms with Crippen LogP contribution in [0.1, 0.15) is 17.3 Å². The number of benzene rings is 1. The largest absolute Gasteiger partial charge is 0.462 e. The molecule has 5 nitrogen and oxygen atoms in total. The molecular formula is C10H10ClNO4. The number of carbonyl (C=O) groups excluding carboxylic acids is 1. The van der Waals surface area contributed by atoms with Crippen LogP contribution in [0, 0.1) is 0 Å². The van der Waals surface area contributed by atoms with Crippen LogP contribution in [0.15, 0.2) is 6.07 Å². The van der Waals surface area contributed by atoms with Gasteiger partial charge in [-0.2, -0.15) is 0 Å². The van der Waals surface area contributed by atoms with Gasteiger partial charge in [0.1, 0.15) is 5.56 Å². The first-order chi connectivity index (χ1) is 7.65. The molecule has 0 fully saturated rings. The Kier molecular flexibility index (Phi) is 2.78. The molecule has 2 N–H and O–H groups in total. The molecule has 0 aromatic heterocycles. The van der Waals surface area contributed by atoms with E-state index in [1.54, 1.807) is 6.92 Å². The summed E-state index contributed by atoms with van der Waals surface area (Å²) in [5, 5.41) is 0.243. The third-order valence-electron chi connectivity index (χ3n) is 2.13. The van der Waals surface area contributed by atoms with Gasteiger partial charge in [-0.1, -0.05) is 11.6 Å². The summed E-state index contributed by atoms with van der Waals surface area (Å²) in [6.45, 7) is 2.00. The lowest BCUT2D eigenvalue weighted by Gasteiger charge is -2.09. The van der Waals surface area contributed by atoms with Crippen molar-refractivity contribution in [3.63, 3.8) is 0 Å². The average Bonchev–Trinajstić information content (AvgIpc) is 2.67. The predicted molar refractivity (Wildman–Crippen MR) is 57.9 cm³/mol. The molecule has 0 saturated heterocycles. The average molecular weight is 244 g/mol. The molecule has 0 bridgehead atoms. The lowest BCUT2D eigenvalue weighted by Crippen LogP contribution is -2.09. The van der Waals surface area contributed by atoms with Crippen molar-refractivity contribution in [3.8, 4) is 11.5 Å². The van der Waals surface area contributed by atoms with E-state index in [0.717, 1.165) is 0 Å². The third-order valence-corrected chi connectivity index (χ3v) is 2.45. The number of hydrogen-bond donors (Lipinski definition) is 1. The number of esters is 1. The van der Waals surface area contributed by atoms with Gasteiger partial charge in [-0.15, -0.1) is 0 Å². The Labute approximate surface area is 97.0 Å². The van der Waals surface area contributed by atoms with Gasteiger partial charge >= 0.3 is 5.97 Å². The third kappa shape index (κ3) is 1.63. The maximum absolute atomic E-state index is 11.7. The SMILES string of the molecule is CCOC(=O)c1c(N)c(Cl)cc2c1OCO2. The lowest BCUT2D eigenvalue weighted by molar-refractivity contribution is 0.0523. The van der Waals surface area contributed by atoms with E-state index in [2.05, 4.69) is 0 Å². The topological polar surface area (TPSA) is 70.8 Å². The van der Waals surface area contributed by atoms with Crippen molar-refractivity contribution in [3.05, 3.63) is 16.7 Å². The molecule has 1 aliphatic rings. The highest BCUT2D eigenvalue weighted by atomic mass is 35.5. The molecule has 6 heteroatoms. The number of carbonyl (C=O) groups is 1. The highest BCUT2D eigenvalue weighted by Crippen LogP contribution is 2.43. The van der Waals surface area contributed by atoms with Crippen molar-refractivity contribution in [2.75, 3.05) is 19.1 Å². The molecule has 1 aromatic carbocycles. The normalized spacial score (nSPS) is 12.6. The van der Waals surface area contributed by atoms with Gasteiger partial charge in [0.2, 0.25) is 6.79 Å². The van der Waals surface area contributed by atoms with Gasteiger partial charge in [-0.05, 0) is 6.92 Å². The van der Waals surface area contributed by atoms with E-state index in [1.807, 2.05) is 0 Å². The Morgan fingerprint density at radius 2 is 2.38 bits per heavy atom. The summed E-state index contributed by atoms with van der Waals surface area (Å²) in [5.74, 6) is 0.131. The number of anilines is 1. The number of rotatable bonds is 2. The van der Waals surface area contributed by atoms with Crippen LogP contribution in [0.3, 0.4) is 0 Å². The van der Waals surface area contributed by atoms with Gasteiger partial charge in [-0.3, -0.25) is 0 Å². The summed E-state index contributed by atoms with van der Waals surface area (Å²) >= 11 is 5.87. The van der Waals surface area contributed by atoms with Crippen LogP contribution in [-0.2, 0) is 4.74 Å². The van der Waals surface area contributed by atoms with E-state index in [-0.39, 0.29) is 29.7 Å². The number of halogens is 1. The van der Waals surface area contributed by atoms with E-state index >= 15 is 0 Å². The van der Waals surface area contributed by atoms with Gasteiger partial charge in [0, 0.05) is 6.07 Å². The number of hydrogen-bond acceptors (Lipinski definition) is 5. The summed E-state index contributed by atoms with van der Waals surface area (Å²) in [7, 11) is 0. The molecule has 86 valence electrons. The van der Waals surface area contributed by atoms with Crippen molar-refractivity contribution < 1.29 is 19.0 Å². The second-order valence-corrected chi connectivity index (χ2v) is 3.51. The summed E-state index contributed by atoms with van der Waals surface area (Å²) in [6, 6.07) is 1.52. The lowest BCUT2D eigenvalue weighted by atomic mass is 10.1. The van der Waals surface area contributed by atoms with Crippen molar-refractivity contribution in [2.24, 2.45) is 0 Å². The summed E-state index contributed by atoms with van der Waals surface area (Å²) in [4.78, 5) is 11.7.